The van der Waals surface area contributed by atoms with E-state index in [1.54, 1.807) is 0 Å². The normalized spacial score (nSPS) is 12.6. The van der Waals surface area contributed by atoms with Gasteiger partial charge in [0.25, 0.3) is 0 Å². The molecule has 0 atom stereocenters. The minimum atomic E-state index is 0.290. The maximum atomic E-state index is 5.67. The van der Waals surface area contributed by atoms with Crippen molar-refractivity contribution in [1.29, 1.82) is 0 Å². The first-order valence-corrected chi connectivity index (χ1v) is 7.69. The number of hydrogen-bond acceptors (Lipinski definition) is 7. The molecule has 1 aromatic heterocycles. The molecule has 0 bridgehead atoms. The van der Waals surface area contributed by atoms with E-state index in [1.807, 2.05) is 18.2 Å². The fraction of sp³-hybridized carbons (Fsp3) is 0.429. The third kappa shape index (κ3) is 3.62. The summed E-state index contributed by atoms with van der Waals surface area (Å²) >= 11 is 1.53. The monoisotopic (exact) mass is 307 g/mol. The molecule has 1 aliphatic heterocycles. The number of fused-ring (bicyclic) bond motifs is 1. The quantitative estimate of drug-likeness (QED) is 0.848. The molecule has 0 spiro atoms. The maximum absolute atomic E-state index is 5.67. The molecule has 112 valence electrons. The number of nitrogens with zero attached hydrogens (tertiary/aromatic N) is 2. The summed E-state index contributed by atoms with van der Waals surface area (Å²) in [6, 6.07) is 5.82. The van der Waals surface area contributed by atoms with Crippen LogP contribution in [0.5, 0.6) is 11.5 Å². The van der Waals surface area contributed by atoms with Gasteiger partial charge in [0, 0.05) is 6.54 Å². The molecule has 2 aromatic rings. The number of aromatic nitrogens is 2. The summed E-state index contributed by atoms with van der Waals surface area (Å²) in [7, 11) is 0. The molecule has 0 radical (unpaired) electrons. The van der Waals surface area contributed by atoms with Crippen molar-refractivity contribution in [2.75, 3.05) is 18.7 Å². The number of hydrogen-bond donors (Lipinski definition) is 1. The molecule has 2 heterocycles. The highest BCUT2D eigenvalue weighted by atomic mass is 32.1. The molecule has 1 aliphatic rings. The molecule has 0 unspecified atom stereocenters. The molecule has 0 amide bonds. The van der Waals surface area contributed by atoms with Gasteiger partial charge in [0.2, 0.25) is 11.9 Å². The second-order valence-corrected chi connectivity index (χ2v) is 5.67. The van der Waals surface area contributed by atoms with Gasteiger partial charge in [0.05, 0.1) is 6.61 Å². The minimum absolute atomic E-state index is 0.290. The first-order valence-electron chi connectivity index (χ1n) is 6.87. The lowest BCUT2D eigenvalue weighted by molar-refractivity contribution is 0.106. The molecule has 0 saturated heterocycles. The first kappa shape index (κ1) is 14.1. The van der Waals surface area contributed by atoms with E-state index < -0.39 is 0 Å². The number of ether oxygens (including phenoxy) is 3. The van der Waals surface area contributed by atoms with Crippen LogP contribution in [0.15, 0.2) is 18.2 Å². The molecular weight excluding hydrogens is 290 g/mol. The Bertz CT molecular complexity index is 603. The molecule has 0 saturated carbocycles. The average Bonchev–Trinajstić information content (AvgIpc) is 3.13. The van der Waals surface area contributed by atoms with Gasteiger partial charge in [-0.15, -0.1) is 10.2 Å². The predicted octanol–water partition coefficient (Wildman–Crippen LogP) is 2.81. The SMILES string of the molecule is CCCNc1nnc(COCc2ccc3c(c2)OCO3)s1. The van der Waals surface area contributed by atoms with Gasteiger partial charge < -0.3 is 19.5 Å². The zero-order valence-corrected chi connectivity index (χ0v) is 12.6. The Kier molecular flexibility index (Phi) is 4.52. The molecule has 0 fully saturated rings. The van der Waals surface area contributed by atoms with Gasteiger partial charge in [-0.1, -0.05) is 24.3 Å². The van der Waals surface area contributed by atoms with Gasteiger partial charge >= 0.3 is 0 Å². The molecule has 3 rings (SSSR count). The molecule has 1 aromatic carbocycles. The molecule has 7 heteroatoms. The van der Waals surface area contributed by atoms with Crippen molar-refractivity contribution in [1.82, 2.24) is 10.2 Å². The van der Waals surface area contributed by atoms with Gasteiger partial charge in [-0.2, -0.15) is 0 Å². The highest BCUT2D eigenvalue weighted by Gasteiger charge is 2.13. The third-order valence-corrected chi connectivity index (χ3v) is 3.78. The van der Waals surface area contributed by atoms with Crippen molar-refractivity contribution >= 4 is 16.5 Å². The highest BCUT2D eigenvalue weighted by Crippen LogP contribution is 2.32. The summed E-state index contributed by atoms with van der Waals surface area (Å²) in [5, 5.41) is 13.1. The first-order chi connectivity index (χ1) is 10.3. The van der Waals surface area contributed by atoms with Crippen LogP contribution in [0.3, 0.4) is 0 Å². The van der Waals surface area contributed by atoms with Crippen LogP contribution in [0, 0.1) is 0 Å². The molecule has 0 aliphatic carbocycles. The van der Waals surface area contributed by atoms with Crippen LogP contribution in [-0.2, 0) is 18.0 Å². The summed E-state index contributed by atoms with van der Waals surface area (Å²) in [6.07, 6.45) is 1.07. The number of anilines is 1. The zero-order valence-electron chi connectivity index (χ0n) is 11.8. The van der Waals surface area contributed by atoms with Crippen LogP contribution in [0.2, 0.25) is 0 Å². The summed E-state index contributed by atoms with van der Waals surface area (Å²) in [6.45, 7) is 4.28. The second-order valence-electron chi connectivity index (χ2n) is 4.61. The van der Waals surface area contributed by atoms with E-state index in [0.29, 0.717) is 13.2 Å². The number of nitrogens with one attached hydrogen (secondary N) is 1. The van der Waals surface area contributed by atoms with Crippen LogP contribution in [0.4, 0.5) is 5.13 Å². The van der Waals surface area contributed by atoms with Gasteiger partial charge in [-0.05, 0) is 24.1 Å². The highest BCUT2D eigenvalue weighted by molar-refractivity contribution is 7.15. The van der Waals surface area contributed by atoms with Crippen LogP contribution >= 0.6 is 11.3 Å². The molecular formula is C14H17N3O3S. The van der Waals surface area contributed by atoms with Gasteiger partial charge in [-0.25, -0.2) is 0 Å². The maximum Gasteiger partial charge on any atom is 0.231 e. The van der Waals surface area contributed by atoms with Crippen LogP contribution < -0.4 is 14.8 Å². The lowest BCUT2D eigenvalue weighted by Crippen LogP contribution is -1.98. The smallest absolute Gasteiger partial charge is 0.231 e. The van der Waals surface area contributed by atoms with E-state index in [1.165, 1.54) is 11.3 Å². The Balaban J connectivity index is 1.48. The predicted molar refractivity (Wildman–Crippen MR) is 79.7 cm³/mol. The summed E-state index contributed by atoms with van der Waals surface area (Å²) < 4.78 is 16.3. The lowest BCUT2D eigenvalue weighted by Gasteiger charge is -2.03. The molecule has 1 N–H and O–H groups in total. The van der Waals surface area contributed by atoms with E-state index in [9.17, 15) is 0 Å². The van der Waals surface area contributed by atoms with Gasteiger partial charge in [-0.3, -0.25) is 0 Å². The average molecular weight is 307 g/mol. The lowest BCUT2D eigenvalue weighted by atomic mass is 10.2. The van der Waals surface area contributed by atoms with Crippen LogP contribution in [0.25, 0.3) is 0 Å². The fourth-order valence-electron chi connectivity index (χ4n) is 1.90. The Morgan fingerprint density at radius 1 is 1.24 bits per heavy atom. The van der Waals surface area contributed by atoms with Crippen molar-refractivity contribution in [3.05, 3.63) is 28.8 Å². The third-order valence-electron chi connectivity index (χ3n) is 2.92. The Morgan fingerprint density at radius 3 is 3.05 bits per heavy atom. The van der Waals surface area contributed by atoms with Crippen molar-refractivity contribution in [3.63, 3.8) is 0 Å². The van der Waals surface area contributed by atoms with Crippen molar-refractivity contribution in [2.24, 2.45) is 0 Å². The summed E-state index contributed by atoms with van der Waals surface area (Å²) in [4.78, 5) is 0. The standard InChI is InChI=1S/C14H17N3O3S/c1-2-5-15-14-17-16-13(21-14)8-18-7-10-3-4-11-12(6-10)20-9-19-11/h3-4,6H,2,5,7-9H2,1H3,(H,15,17). The summed E-state index contributed by atoms with van der Waals surface area (Å²) in [5.41, 5.74) is 1.05. The number of rotatable bonds is 7. The van der Waals surface area contributed by atoms with E-state index in [2.05, 4.69) is 22.4 Å². The Hall–Kier alpha value is -1.86. The van der Waals surface area contributed by atoms with E-state index in [4.69, 9.17) is 14.2 Å². The Morgan fingerprint density at radius 2 is 2.14 bits per heavy atom. The van der Waals surface area contributed by atoms with Gasteiger partial charge in [0.15, 0.2) is 11.5 Å². The van der Waals surface area contributed by atoms with Crippen molar-refractivity contribution in [3.8, 4) is 11.5 Å². The van der Waals surface area contributed by atoms with E-state index >= 15 is 0 Å². The van der Waals surface area contributed by atoms with Crippen LogP contribution in [-0.4, -0.2) is 23.5 Å². The molecule has 21 heavy (non-hydrogen) atoms. The zero-order chi connectivity index (χ0) is 14.5. The number of benzene rings is 1. The van der Waals surface area contributed by atoms with Crippen LogP contribution in [0.1, 0.15) is 23.9 Å². The van der Waals surface area contributed by atoms with E-state index in [-0.39, 0.29) is 6.79 Å². The topological polar surface area (TPSA) is 65.5 Å². The summed E-state index contributed by atoms with van der Waals surface area (Å²) in [5.74, 6) is 1.56. The Labute approximate surface area is 127 Å². The van der Waals surface area contributed by atoms with Gasteiger partial charge in [0.1, 0.15) is 11.6 Å². The minimum Gasteiger partial charge on any atom is -0.454 e. The van der Waals surface area contributed by atoms with Crippen molar-refractivity contribution < 1.29 is 14.2 Å². The largest absolute Gasteiger partial charge is 0.454 e. The molecule has 6 nitrogen and oxygen atoms in total. The van der Waals surface area contributed by atoms with Crippen molar-refractivity contribution in [2.45, 2.75) is 26.6 Å². The van der Waals surface area contributed by atoms with E-state index in [0.717, 1.165) is 40.2 Å². The second kappa shape index (κ2) is 6.73. The fourth-order valence-corrected chi connectivity index (χ4v) is 2.61.